The topological polar surface area (TPSA) is 58.4 Å². The van der Waals surface area contributed by atoms with Gasteiger partial charge < -0.3 is 14.7 Å². The van der Waals surface area contributed by atoms with Crippen LogP contribution in [0.5, 0.6) is 0 Å². The summed E-state index contributed by atoms with van der Waals surface area (Å²) >= 11 is 0. The number of aromatic nitrogens is 1. The number of likely N-dealkylation sites (tertiary alicyclic amines) is 1. The number of nitrogens with one attached hydrogen (secondary N) is 1. The molecule has 1 aliphatic rings. The molecule has 1 aromatic rings. The molecular formula is C11H17N3O2. The highest BCUT2D eigenvalue weighted by Gasteiger charge is 2.32. The van der Waals surface area contributed by atoms with Gasteiger partial charge in [0.1, 0.15) is 0 Å². The second-order valence-corrected chi connectivity index (χ2v) is 4.06. The van der Waals surface area contributed by atoms with Gasteiger partial charge in [0, 0.05) is 19.2 Å². The van der Waals surface area contributed by atoms with Crippen molar-refractivity contribution in [3.63, 3.8) is 0 Å². The number of hydrogen-bond acceptors (Lipinski definition) is 3. The third-order valence-electron chi connectivity index (χ3n) is 2.82. The second-order valence-electron chi connectivity index (χ2n) is 4.06. The molecule has 5 heteroatoms. The third-order valence-corrected chi connectivity index (χ3v) is 2.82. The van der Waals surface area contributed by atoms with Crippen LogP contribution in [-0.4, -0.2) is 29.2 Å². The van der Waals surface area contributed by atoms with E-state index in [1.54, 1.807) is 0 Å². The zero-order valence-electron chi connectivity index (χ0n) is 9.69. The summed E-state index contributed by atoms with van der Waals surface area (Å²) < 4.78 is 5.24. The van der Waals surface area contributed by atoms with Crippen molar-refractivity contribution in [3.05, 3.63) is 17.5 Å². The molecule has 2 amide bonds. The normalized spacial score (nSPS) is 20.1. The molecule has 1 saturated heterocycles. The molecule has 2 heterocycles. The molecule has 0 aromatic carbocycles. The number of aryl methyl sites for hydroxylation is 1. The Morgan fingerprint density at radius 3 is 3.19 bits per heavy atom. The molecule has 1 aliphatic heterocycles. The summed E-state index contributed by atoms with van der Waals surface area (Å²) in [7, 11) is 0. The highest BCUT2D eigenvalue weighted by Crippen LogP contribution is 2.31. The molecule has 2 rings (SSSR count). The summed E-state index contributed by atoms with van der Waals surface area (Å²) in [4.78, 5) is 13.6. The summed E-state index contributed by atoms with van der Waals surface area (Å²) in [6.45, 7) is 5.24. The molecule has 0 bridgehead atoms. The standard InChI is InChI=1S/C11H17N3O2/c1-3-12-11(15)14-6-4-5-9(14)10-7-8(2)13-16-10/h7,9H,3-6H2,1-2H3,(H,12,15). The van der Waals surface area contributed by atoms with Crippen molar-refractivity contribution >= 4 is 6.03 Å². The molecule has 0 aliphatic carbocycles. The van der Waals surface area contributed by atoms with Crippen molar-refractivity contribution in [2.75, 3.05) is 13.1 Å². The first-order valence-electron chi connectivity index (χ1n) is 5.70. The fourth-order valence-electron chi connectivity index (χ4n) is 2.10. The van der Waals surface area contributed by atoms with Gasteiger partial charge in [-0.1, -0.05) is 5.16 Å². The lowest BCUT2D eigenvalue weighted by atomic mass is 10.1. The Balaban J connectivity index is 2.11. The van der Waals surface area contributed by atoms with Gasteiger partial charge >= 0.3 is 6.03 Å². The van der Waals surface area contributed by atoms with Crippen LogP contribution >= 0.6 is 0 Å². The first kappa shape index (κ1) is 11.0. The number of rotatable bonds is 2. The quantitative estimate of drug-likeness (QED) is 0.832. The van der Waals surface area contributed by atoms with Crippen LogP contribution in [-0.2, 0) is 0 Å². The van der Waals surface area contributed by atoms with E-state index in [4.69, 9.17) is 4.52 Å². The SMILES string of the molecule is CCNC(=O)N1CCCC1c1cc(C)no1. The Bertz CT molecular complexity index is 375. The van der Waals surface area contributed by atoms with Crippen LogP contribution in [0.3, 0.4) is 0 Å². The first-order valence-corrected chi connectivity index (χ1v) is 5.70. The van der Waals surface area contributed by atoms with Gasteiger partial charge in [0.25, 0.3) is 0 Å². The number of amides is 2. The van der Waals surface area contributed by atoms with Gasteiger partial charge in [-0.15, -0.1) is 0 Å². The maximum absolute atomic E-state index is 11.8. The largest absolute Gasteiger partial charge is 0.359 e. The van der Waals surface area contributed by atoms with Gasteiger partial charge in [0.15, 0.2) is 5.76 Å². The Morgan fingerprint density at radius 1 is 1.75 bits per heavy atom. The van der Waals surface area contributed by atoms with Crippen molar-refractivity contribution in [2.45, 2.75) is 32.7 Å². The van der Waals surface area contributed by atoms with Crippen molar-refractivity contribution < 1.29 is 9.32 Å². The number of urea groups is 1. The lowest BCUT2D eigenvalue weighted by Gasteiger charge is -2.22. The minimum Gasteiger partial charge on any atom is -0.359 e. The molecule has 16 heavy (non-hydrogen) atoms. The third kappa shape index (κ3) is 2.03. The maximum Gasteiger partial charge on any atom is 0.318 e. The average Bonchev–Trinajstić information content (AvgIpc) is 2.85. The van der Waals surface area contributed by atoms with Crippen LogP contribution in [0.25, 0.3) is 0 Å². The molecule has 1 atom stereocenters. The smallest absolute Gasteiger partial charge is 0.318 e. The van der Waals surface area contributed by atoms with E-state index in [0.717, 1.165) is 30.8 Å². The summed E-state index contributed by atoms with van der Waals surface area (Å²) in [6, 6.07) is 1.94. The highest BCUT2D eigenvalue weighted by atomic mass is 16.5. The lowest BCUT2D eigenvalue weighted by Crippen LogP contribution is -2.39. The summed E-state index contributed by atoms with van der Waals surface area (Å²) in [5.74, 6) is 0.793. The Morgan fingerprint density at radius 2 is 2.56 bits per heavy atom. The predicted molar refractivity (Wildman–Crippen MR) is 59.0 cm³/mol. The van der Waals surface area contributed by atoms with Crippen LogP contribution in [0.15, 0.2) is 10.6 Å². The fraction of sp³-hybridized carbons (Fsp3) is 0.636. The summed E-state index contributed by atoms with van der Waals surface area (Å²) in [5.41, 5.74) is 0.859. The maximum atomic E-state index is 11.8. The first-order chi connectivity index (χ1) is 7.72. The Labute approximate surface area is 94.8 Å². The average molecular weight is 223 g/mol. The van der Waals surface area contributed by atoms with Crippen molar-refractivity contribution in [2.24, 2.45) is 0 Å². The monoisotopic (exact) mass is 223 g/mol. The van der Waals surface area contributed by atoms with E-state index in [-0.39, 0.29) is 12.1 Å². The zero-order chi connectivity index (χ0) is 11.5. The van der Waals surface area contributed by atoms with E-state index in [1.165, 1.54) is 0 Å². The van der Waals surface area contributed by atoms with E-state index >= 15 is 0 Å². The van der Waals surface area contributed by atoms with E-state index in [0.29, 0.717) is 6.54 Å². The number of carbonyl (C=O) groups excluding carboxylic acids is 1. The van der Waals surface area contributed by atoms with E-state index in [1.807, 2.05) is 24.8 Å². The molecule has 1 N–H and O–H groups in total. The molecule has 5 nitrogen and oxygen atoms in total. The molecule has 1 unspecified atom stereocenters. The van der Waals surface area contributed by atoms with E-state index < -0.39 is 0 Å². The van der Waals surface area contributed by atoms with Crippen molar-refractivity contribution in [1.82, 2.24) is 15.4 Å². The molecule has 0 radical (unpaired) electrons. The molecule has 1 fully saturated rings. The van der Waals surface area contributed by atoms with Gasteiger partial charge in [0.05, 0.1) is 11.7 Å². The van der Waals surface area contributed by atoms with Crippen molar-refractivity contribution in [1.29, 1.82) is 0 Å². The number of carbonyl (C=O) groups is 1. The minimum atomic E-state index is -0.0148. The van der Waals surface area contributed by atoms with Crippen LogP contribution in [0.4, 0.5) is 4.79 Å². The Kier molecular flexibility index (Phi) is 3.12. The fourth-order valence-corrected chi connectivity index (χ4v) is 2.10. The molecule has 0 spiro atoms. The number of nitrogens with zero attached hydrogens (tertiary/aromatic N) is 2. The predicted octanol–water partition coefficient (Wildman–Crippen LogP) is 1.85. The van der Waals surface area contributed by atoms with E-state index in [9.17, 15) is 4.79 Å². The zero-order valence-corrected chi connectivity index (χ0v) is 9.69. The molecule has 1 aromatic heterocycles. The molecule has 0 saturated carbocycles. The Hall–Kier alpha value is -1.52. The number of hydrogen-bond donors (Lipinski definition) is 1. The van der Waals surface area contributed by atoms with E-state index in [2.05, 4.69) is 10.5 Å². The van der Waals surface area contributed by atoms with Gasteiger partial charge in [-0.05, 0) is 26.7 Å². The minimum absolute atomic E-state index is 0.0148. The van der Waals surface area contributed by atoms with Crippen LogP contribution in [0, 0.1) is 6.92 Å². The van der Waals surface area contributed by atoms with Crippen molar-refractivity contribution in [3.8, 4) is 0 Å². The lowest BCUT2D eigenvalue weighted by molar-refractivity contribution is 0.183. The van der Waals surface area contributed by atoms with Crippen LogP contribution < -0.4 is 5.32 Å². The van der Waals surface area contributed by atoms with Gasteiger partial charge in [-0.3, -0.25) is 0 Å². The van der Waals surface area contributed by atoms with Gasteiger partial charge in [-0.2, -0.15) is 0 Å². The summed E-state index contributed by atoms with van der Waals surface area (Å²) in [5, 5.41) is 6.69. The van der Waals surface area contributed by atoms with Crippen LogP contribution in [0.2, 0.25) is 0 Å². The molecular weight excluding hydrogens is 206 g/mol. The van der Waals surface area contributed by atoms with Crippen LogP contribution in [0.1, 0.15) is 37.3 Å². The highest BCUT2D eigenvalue weighted by molar-refractivity contribution is 5.74. The second kappa shape index (κ2) is 4.55. The van der Waals surface area contributed by atoms with Gasteiger partial charge in [0.2, 0.25) is 0 Å². The molecule has 88 valence electrons. The summed E-state index contributed by atoms with van der Waals surface area (Å²) in [6.07, 6.45) is 1.97. The van der Waals surface area contributed by atoms with Gasteiger partial charge in [-0.25, -0.2) is 4.79 Å².